The van der Waals surface area contributed by atoms with Gasteiger partial charge in [0.1, 0.15) is 0 Å². The second kappa shape index (κ2) is 6.07. The Morgan fingerprint density at radius 3 is 2.14 bits per heavy atom. The van der Waals surface area contributed by atoms with E-state index in [-0.39, 0.29) is 0 Å². The molecule has 0 N–H and O–H groups in total. The molecule has 1 nitrogen and oxygen atoms in total. The van der Waals surface area contributed by atoms with E-state index in [1.807, 2.05) is 7.11 Å². The number of fused-ring (bicyclic) bond motifs is 1. The van der Waals surface area contributed by atoms with Crippen molar-refractivity contribution in [1.29, 1.82) is 0 Å². The van der Waals surface area contributed by atoms with E-state index in [1.54, 1.807) is 0 Å². The molecular weight excluding hydrogens is 284 g/mol. The van der Waals surface area contributed by atoms with Crippen molar-refractivity contribution in [3.63, 3.8) is 0 Å². The second-order valence-electron chi connectivity index (χ2n) is 6.22. The van der Waals surface area contributed by atoms with E-state index in [9.17, 15) is 0 Å². The lowest BCUT2D eigenvalue weighted by atomic mass is 9.98. The van der Waals surface area contributed by atoms with Gasteiger partial charge in [0.15, 0.2) is 8.32 Å². The molecule has 0 saturated heterocycles. The summed E-state index contributed by atoms with van der Waals surface area (Å²) in [6.45, 7) is 4.60. The van der Waals surface area contributed by atoms with Crippen LogP contribution in [0.5, 0.6) is 0 Å². The topological polar surface area (TPSA) is 9.23 Å². The first-order chi connectivity index (χ1) is 10.6. The molecule has 0 aliphatic carbocycles. The normalized spacial score (nSPS) is 13.2. The molecule has 0 amide bonds. The molecule has 112 valence electrons. The molecule has 3 aromatic rings. The summed E-state index contributed by atoms with van der Waals surface area (Å²) in [6.07, 6.45) is 0. The molecule has 0 fully saturated rings. The van der Waals surface area contributed by atoms with E-state index in [4.69, 9.17) is 4.43 Å². The summed E-state index contributed by atoms with van der Waals surface area (Å²) in [5.41, 5.74) is 3.05. The van der Waals surface area contributed by atoms with Crippen LogP contribution in [-0.4, -0.2) is 15.4 Å². The van der Waals surface area contributed by atoms with Gasteiger partial charge in [-0.2, -0.15) is 0 Å². The molecule has 0 saturated carbocycles. The highest BCUT2D eigenvalue weighted by molar-refractivity contribution is 6.73. The molecule has 0 radical (unpaired) electrons. The van der Waals surface area contributed by atoms with Crippen molar-refractivity contribution in [2.24, 2.45) is 0 Å². The van der Waals surface area contributed by atoms with Crippen LogP contribution in [0.15, 0.2) is 72.8 Å². The van der Waals surface area contributed by atoms with Crippen molar-refractivity contribution in [3.05, 3.63) is 83.9 Å². The summed E-state index contributed by atoms with van der Waals surface area (Å²) in [5, 5.41) is 2.62. The summed E-state index contributed by atoms with van der Waals surface area (Å²) in [5.74, 6) is 0. The third-order valence-corrected chi connectivity index (χ3v) is 7.58. The number of hydrogen-bond donors (Lipinski definition) is 0. The Morgan fingerprint density at radius 2 is 1.41 bits per heavy atom. The highest BCUT2D eigenvalue weighted by atomic mass is 28.4. The molecule has 22 heavy (non-hydrogen) atoms. The fraction of sp³-hybridized carbons (Fsp3) is 0.200. The van der Waals surface area contributed by atoms with E-state index < -0.39 is 8.32 Å². The van der Waals surface area contributed by atoms with E-state index in [2.05, 4.69) is 85.9 Å². The summed E-state index contributed by atoms with van der Waals surface area (Å²) in [7, 11) is -0.0511. The monoisotopic (exact) mass is 306 g/mol. The van der Waals surface area contributed by atoms with E-state index in [0.29, 0.717) is 5.54 Å². The predicted molar refractivity (Wildman–Crippen MR) is 96.7 cm³/mol. The lowest BCUT2D eigenvalue weighted by Gasteiger charge is -2.32. The van der Waals surface area contributed by atoms with Gasteiger partial charge in [0.25, 0.3) is 0 Å². The van der Waals surface area contributed by atoms with E-state index in [0.717, 1.165) is 0 Å². The van der Waals surface area contributed by atoms with Crippen molar-refractivity contribution in [2.45, 2.75) is 18.6 Å². The molecule has 3 aromatic carbocycles. The highest BCUT2D eigenvalue weighted by Crippen LogP contribution is 2.37. The Balaban J connectivity index is 2.25. The summed E-state index contributed by atoms with van der Waals surface area (Å²) in [4.78, 5) is 0. The maximum absolute atomic E-state index is 6.00. The van der Waals surface area contributed by atoms with Crippen molar-refractivity contribution < 1.29 is 4.43 Å². The molecule has 2 heteroatoms. The zero-order valence-electron chi connectivity index (χ0n) is 13.4. The Hall–Kier alpha value is -1.90. The molecule has 0 bridgehead atoms. The van der Waals surface area contributed by atoms with Crippen LogP contribution in [-0.2, 0) is 4.43 Å². The van der Waals surface area contributed by atoms with Crippen molar-refractivity contribution in [2.75, 3.05) is 7.11 Å². The Labute approximate surface area is 133 Å². The fourth-order valence-corrected chi connectivity index (χ4v) is 5.45. The van der Waals surface area contributed by atoms with Gasteiger partial charge in [-0.05, 0) is 35.0 Å². The standard InChI is InChI=1S/C20H22OSi/c1-21-22(2,3)20(17-11-5-4-6-12-17)19-15-9-13-16-10-7-8-14-18(16)19/h4-15,20H,1-3H3. The van der Waals surface area contributed by atoms with Gasteiger partial charge in [-0.15, -0.1) is 0 Å². The minimum Gasteiger partial charge on any atom is -0.420 e. The number of rotatable bonds is 4. The molecule has 0 heterocycles. The first kappa shape index (κ1) is 15.0. The summed E-state index contributed by atoms with van der Waals surface area (Å²) in [6, 6.07) is 26.0. The maximum atomic E-state index is 6.00. The van der Waals surface area contributed by atoms with Gasteiger partial charge < -0.3 is 4.43 Å². The molecular formula is C20H22OSi. The van der Waals surface area contributed by atoms with Crippen LogP contribution in [0.25, 0.3) is 10.8 Å². The second-order valence-corrected chi connectivity index (χ2v) is 10.4. The summed E-state index contributed by atoms with van der Waals surface area (Å²) >= 11 is 0. The zero-order valence-corrected chi connectivity index (χ0v) is 14.4. The Kier molecular flexibility index (Phi) is 4.14. The average Bonchev–Trinajstić information content (AvgIpc) is 2.56. The average molecular weight is 306 g/mol. The molecule has 0 aliphatic heterocycles. The Bertz CT molecular complexity index is 760. The summed E-state index contributed by atoms with van der Waals surface area (Å²) < 4.78 is 6.00. The quantitative estimate of drug-likeness (QED) is 0.589. The maximum Gasteiger partial charge on any atom is 0.197 e. The first-order valence-corrected chi connectivity index (χ1v) is 10.7. The fourth-order valence-electron chi connectivity index (χ4n) is 3.22. The van der Waals surface area contributed by atoms with Crippen LogP contribution in [0, 0.1) is 0 Å². The number of benzene rings is 3. The smallest absolute Gasteiger partial charge is 0.197 e. The number of hydrogen-bond acceptors (Lipinski definition) is 1. The van der Waals surface area contributed by atoms with Crippen LogP contribution >= 0.6 is 0 Å². The SMILES string of the molecule is CO[Si](C)(C)C(c1ccccc1)c1cccc2ccccc12. The van der Waals surface area contributed by atoms with Gasteiger partial charge in [-0.1, -0.05) is 72.8 Å². The third-order valence-electron chi connectivity index (χ3n) is 4.49. The first-order valence-electron chi connectivity index (χ1n) is 7.71. The highest BCUT2D eigenvalue weighted by Gasteiger charge is 2.36. The Morgan fingerprint density at radius 1 is 0.773 bits per heavy atom. The van der Waals surface area contributed by atoms with Crippen molar-refractivity contribution >= 4 is 19.1 Å². The van der Waals surface area contributed by atoms with Gasteiger partial charge >= 0.3 is 0 Å². The van der Waals surface area contributed by atoms with Crippen LogP contribution < -0.4 is 0 Å². The van der Waals surface area contributed by atoms with Gasteiger partial charge in [-0.25, -0.2) is 0 Å². The molecule has 3 rings (SSSR count). The van der Waals surface area contributed by atoms with Crippen LogP contribution in [0.2, 0.25) is 13.1 Å². The molecule has 0 spiro atoms. The van der Waals surface area contributed by atoms with Crippen molar-refractivity contribution in [1.82, 2.24) is 0 Å². The van der Waals surface area contributed by atoms with Crippen LogP contribution in [0.4, 0.5) is 0 Å². The molecule has 0 aliphatic rings. The predicted octanol–water partition coefficient (Wildman–Crippen LogP) is 5.36. The van der Waals surface area contributed by atoms with Gasteiger partial charge in [-0.3, -0.25) is 0 Å². The van der Waals surface area contributed by atoms with E-state index >= 15 is 0 Å². The lowest BCUT2D eigenvalue weighted by molar-refractivity contribution is 0.397. The zero-order chi connectivity index (χ0) is 15.6. The molecule has 1 unspecified atom stereocenters. The largest absolute Gasteiger partial charge is 0.420 e. The van der Waals surface area contributed by atoms with Gasteiger partial charge in [0.05, 0.1) is 0 Å². The molecule has 1 atom stereocenters. The van der Waals surface area contributed by atoms with Gasteiger partial charge in [0, 0.05) is 12.7 Å². The third kappa shape index (κ3) is 2.72. The van der Waals surface area contributed by atoms with Crippen LogP contribution in [0.1, 0.15) is 16.7 Å². The molecule has 0 aromatic heterocycles. The minimum atomic E-state index is -1.91. The lowest BCUT2D eigenvalue weighted by Crippen LogP contribution is -2.38. The van der Waals surface area contributed by atoms with Crippen LogP contribution in [0.3, 0.4) is 0 Å². The minimum absolute atomic E-state index is 0.324. The van der Waals surface area contributed by atoms with E-state index in [1.165, 1.54) is 21.9 Å². The van der Waals surface area contributed by atoms with Gasteiger partial charge in [0.2, 0.25) is 0 Å². The van der Waals surface area contributed by atoms with Crippen molar-refractivity contribution in [3.8, 4) is 0 Å².